The molecule has 0 amide bonds. The SMILES string of the molecule is CCCCCCCCCCCCC(C(=O)O)C(C(=O)O)C(C(=O)c1cccc(C(=O)O)c1C(=O)O)c1ccccc1. The van der Waals surface area contributed by atoms with Crippen molar-refractivity contribution >= 4 is 29.7 Å². The van der Waals surface area contributed by atoms with Gasteiger partial charge in [-0.05, 0) is 18.1 Å². The van der Waals surface area contributed by atoms with Crippen LogP contribution >= 0.6 is 0 Å². The number of ketones is 1. The molecular weight excluding hydrogens is 528 g/mol. The van der Waals surface area contributed by atoms with Gasteiger partial charge >= 0.3 is 23.9 Å². The number of unbranched alkanes of at least 4 members (excludes halogenated alkanes) is 9. The Balaban J connectivity index is 2.35. The molecule has 2 aromatic carbocycles. The minimum absolute atomic E-state index is 0.0281. The predicted octanol–water partition coefficient (Wildman–Crippen LogP) is 6.76. The van der Waals surface area contributed by atoms with Crippen LogP contribution in [0, 0.1) is 11.8 Å². The van der Waals surface area contributed by atoms with Gasteiger partial charge in [0.1, 0.15) is 0 Å². The summed E-state index contributed by atoms with van der Waals surface area (Å²) in [5.74, 6) is -11.7. The van der Waals surface area contributed by atoms with E-state index in [0.29, 0.717) is 6.42 Å². The van der Waals surface area contributed by atoms with Crippen molar-refractivity contribution in [3.05, 3.63) is 70.8 Å². The van der Waals surface area contributed by atoms with Gasteiger partial charge in [0.25, 0.3) is 0 Å². The zero-order chi connectivity index (χ0) is 30.4. The monoisotopic (exact) mass is 568 g/mol. The van der Waals surface area contributed by atoms with E-state index in [9.17, 15) is 44.4 Å². The Morgan fingerprint density at radius 2 is 1.15 bits per heavy atom. The molecule has 0 aromatic heterocycles. The molecule has 4 N–H and O–H groups in total. The number of carboxylic acid groups (broad SMARTS) is 4. The van der Waals surface area contributed by atoms with Crippen LogP contribution in [0.2, 0.25) is 0 Å². The number of aromatic carboxylic acids is 2. The first-order valence-electron chi connectivity index (χ1n) is 14.3. The molecule has 0 radical (unpaired) electrons. The zero-order valence-corrected chi connectivity index (χ0v) is 23.5. The normalized spacial score (nSPS) is 13.2. The summed E-state index contributed by atoms with van der Waals surface area (Å²) in [6.07, 6.45) is 10.2. The Kier molecular flexibility index (Phi) is 13.7. The molecule has 222 valence electrons. The zero-order valence-electron chi connectivity index (χ0n) is 23.5. The standard InChI is InChI=1S/C32H40O9/c1-2-3-4-5-6-7-8-9-10-14-18-24(30(36)37)27(32(40)41)25(21-16-12-11-13-17-21)28(33)22-19-15-20-23(29(34)35)26(22)31(38)39/h11-13,15-17,19-20,24-25,27H,2-10,14,18H2,1H3,(H,34,35)(H,36,37)(H,38,39)(H,40,41). The summed E-state index contributed by atoms with van der Waals surface area (Å²) in [5.41, 5.74) is -1.67. The first-order chi connectivity index (χ1) is 19.6. The maximum absolute atomic E-state index is 13.9. The number of benzene rings is 2. The maximum Gasteiger partial charge on any atom is 0.337 e. The highest BCUT2D eigenvalue weighted by atomic mass is 16.4. The van der Waals surface area contributed by atoms with Crippen molar-refractivity contribution in [1.82, 2.24) is 0 Å². The minimum atomic E-state index is -1.71. The van der Waals surface area contributed by atoms with Crippen LogP contribution in [-0.2, 0) is 9.59 Å². The smallest absolute Gasteiger partial charge is 0.337 e. The van der Waals surface area contributed by atoms with Crippen molar-refractivity contribution in [1.29, 1.82) is 0 Å². The quantitative estimate of drug-likeness (QED) is 0.0996. The van der Waals surface area contributed by atoms with Crippen molar-refractivity contribution in [2.24, 2.45) is 11.8 Å². The molecule has 0 aliphatic rings. The van der Waals surface area contributed by atoms with Crippen LogP contribution in [0.3, 0.4) is 0 Å². The largest absolute Gasteiger partial charge is 0.481 e. The van der Waals surface area contributed by atoms with Crippen molar-refractivity contribution in [2.75, 3.05) is 0 Å². The van der Waals surface area contributed by atoms with Crippen LogP contribution in [-0.4, -0.2) is 50.1 Å². The van der Waals surface area contributed by atoms with Gasteiger partial charge in [0.15, 0.2) is 5.78 Å². The molecule has 0 bridgehead atoms. The Morgan fingerprint density at radius 3 is 1.63 bits per heavy atom. The first kappa shape index (κ1) is 33.2. The molecule has 41 heavy (non-hydrogen) atoms. The molecular formula is C32H40O9. The third kappa shape index (κ3) is 9.55. The fourth-order valence-corrected chi connectivity index (χ4v) is 5.37. The second kappa shape index (κ2) is 16.9. The van der Waals surface area contributed by atoms with E-state index in [2.05, 4.69) is 6.92 Å². The lowest BCUT2D eigenvalue weighted by atomic mass is 9.72. The molecule has 0 aliphatic carbocycles. The molecule has 0 saturated heterocycles. The number of carbonyl (C=O) groups excluding carboxylic acids is 1. The Morgan fingerprint density at radius 1 is 0.610 bits per heavy atom. The molecule has 9 heteroatoms. The number of carboxylic acids is 4. The molecule has 0 saturated carbocycles. The van der Waals surface area contributed by atoms with E-state index in [-0.39, 0.29) is 12.0 Å². The minimum Gasteiger partial charge on any atom is -0.481 e. The van der Waals surface area contributed by atoms with Gasteiger partial charge in [-0.3, -0.25) is 14.4 Å². The third-order valence-corrected chi connectivity index (χ3v) is 7.48. The van der Waals surface area contributed by atoms with Gasteiger partial charge in [0, 0.05) is 5.56 Å². The van der Waals surface area contributed by atoms with Gasteiger partial charge in [0.2, 0.25) is 0 Å². The number of hydrogen-bond donors (Lipinski definition) is 4. The summed E-state index contributed by atoms with van der Waals surface area (Å²) in [6, 6.07) is 11.1. The summed E-state index contributed by atoms with van der Waals surface area (Å²) < 4.78 is 0. The second-order valence-electron chi connectivity index (χ2n) is 10.4. The van der Waals surface area contributed by atoms with Gasteiger partial charge in [0.05, 0.1) is 28.9 Å². The first-order valence-corrected chi connectivity index (χ1v) is 14.3. The highest BCUT2D eigenvalue weighted by Gasteiger charge is 2.44. The Bertz CT molecular complexity index is 1190. The molecule has 9 nitrogen and oxygen atoms in total. The average molecular weight is 569 g/mol. The molecule has 3 atom stereocenters. The predicted molar refractivity (Wildman–Crippen MR) is 153 cm³/mol. The number of Topliss-reactive ketones (excluding diaryl/α,β-unsaturated/α-hetero) is 1. The van der Waals surface area contributed by atoms with Crippen LogP contribution in [0.4, 0.5) is 0 Å². The number of rotatable bonds is 20. The van der Waals surface area contributed by atoms with Gasteiger partial charge in [-0.15, -0.1) is 0 Å². The summed E-state index contributed by atoms with van der Waals surface area (Å²) in [5, 5.41) is 39.7. The molecule has 0 heterocycles. The van der Waals surface area contributed by atoms with Gasteiger partial charge in [-0.25, -0.2) is 9.59 Å². The lowest BCUT2D eigenvalue weighted by Gasteiger charge is -2.29. The highest BCUT2D eigenvalue weighted by molar-refractivity contribution is 6.14. The van der Waals surface area contributed by atoms with Gasteiger partial charge < -0.3 is 20.4 Å². The van der Waals surface area contributed by atoms with E-state index < -0.39 is 64.1 Å². The van der Waals surface area contributed by atoms with Gasteiger partial charge in [-0.1, -0.05) is 114 Å². The van der Waals surface area contributed by atoms with Crippen LogP contribution in [0.1, 0.15) is 120 Å². The second-order valence-corrected chi connectivity index (χ2v) is 10.4. The Labute approximate surface area is 240 Å². The fourth-order valence-electron chi connectivity index (χ4n) is 5.37. The Hall–Kier alpha value is -4.01. The molecule has 0 fully saturated rings. The summed E-state index contributed by atoms with van der Waals surface area (Å²) in [4.78, 5) is 62.7. The molecule has 2 rings (SSSR count). The lowest BCUT2D eigenvalue weighted by Crippen LogP contribution is -2.38. The number of carbonyl (C=O) groups is 5. The van der Waals surface area contributed by atoms with Crippen LogP contribution in [0.15, 0.2) is 48.5 Å². The third-order valence-electron chi connectivity index (χ3n) is 7.48. The summed E-state index contributed by atoms with van der Waals surface area (Å²) >= 11 is 0. The molecule has 3 unspecified atom stereocenters. The van der Waals surface area contributed by atoms with E-state index in [1.54, 1.807) is 18.2 Å². The van der Waals surface area contributed by atoms with E-state index in [1.807, 2.05) is 0 Å². The van der Waals surface area contributed by atoms with Crippen molar-refractivity contribution in [3.8, 4) is 0 Å². The number of aliphatic carboxylic acids is 2. The topological polar surface area (TPSA) is 166 Å². The van der Waals surface area contributed by atoms with E-state index in [4.69, 9.17) is 0 Å². The lowest BCUT2D eigenvalue weighted by molar-refractivity contribution is -0.154. The van der Waals surface area contributed by atoms with Crippen LogP contribution in [0.5, 0.6) is 0 Å². The van der Waals surface area contributed by atoms with Crippen LogP contribution < -0.4 is 0 Å². The van der Waals surface area contributed by atoms with Crippen molar-refractivity contribution < 1.29 is 44.4 Å². The summed E-state index contributed by atoms with van der Waals surface area (Å²) in [6.45, 7) is 2.17. The van der Waals surface area contributed by atoms with Crippen molar-refractivity contribution in [3.63, 3.8) is 0 Å². The summed E-state index contributed by atoms with van der Waals surface area (Å²) in [7, 11) is 0. The average Bonchev–Trinajstić information content (AvgIpc) is 2.94. The fraction of sp³-hybridized carbons (Fsp3) is 0.469. The van der Waals surface area contributed by atoms with E-state index in [0.717, 1.165) is 44.2 Å². The van der Waals surface area contributed by atoms with Gasteiger partial charge in [-0.2, -0.15) is 0 Å². The van der Waals surface area contributed by atoms with Crippen LogP contribution in [0.25, 0.3) is 0 Å². The maximum atomic E-state index is 13.9. The molecule has 0 aliphatic heterocycles. The molecule has 0 spiro atoms. The van der Waals surface area contributed by atoms with E-state index >= 15 is 0 Å². The van der Waals surface area contributed by atoms with E-state index in [1.165, 1.54) is 43.9 Å². The molecule has 2 aromatic rings. The number of hydrogen-bond acceptors (Lipinski definition) is 5. The van der Waals surface area contributed by atoms with Crippen molar-refractivity contribution in [2.45, 2.75) is 83.5 Å². The highest BCUT2D eigenvalue weighted by Crippen LogP contribution is 2.37.